The highest BCUT2D eigenvalue weighted by Crippen LogP contribution is 2.21. The smallest absolute Gasteiger partial charge is 0.332 e. The molecule has 4 rings (SSSR count). The molecule has 0 aliphatic carbocycles. The topological polar surface area (TPSA) is 71.1 Å². The molecule has 0 atom stereocenters. The number of ether oxygens (including phenoxy) is 1. The van der Waals surface area contributed by atoms with E-state index in [4.69, 9.17) is 4.74 Å². The summed E-state index contributed by atoms with van der Waals surface area (Å²) in [6.45, 7) is 3.75. The summed E-state index contributed by atoms with van der Waals surface area (Å²) in [7, 11) is 3.15. The first kappa shape index (κ1) is 21.8. The fourth-order valence-electron chi connectivity index (χ4n) is 3.88. The van der Waals surface area contributed by atoms with Gasteiger partial charge in [0.1, 0.15) is 5.82 Å². The van der Waals surface area contributed by atoms with Gasteiger partial charge < -0.3 is 9.30 Å². The van der Waals surface area contributed by atoms with E-state index >= 15 is 0 Å². The van der Waals surface area contributed by atoms with Crippen molar-refractivity contribution < 1.29 is 4.74 Å². The molecule has 0 aliphatic heterocycles. The molecule has 0 fully saturated rings. The normalized spacial score (nSPS) is 11.3. The Morgan fingerprint density at radius 1 is 0.875 bits per heavy atom. The Morgan fingerprint density at radius 3 is 2.25 bits per heavy atom. The Labute approximate surface area is 186 Å². The van der Waals surface area contributed by atoms with Crippen LogP contribution in [0, 0.1) is 0 Å². The van der Waals surface area contributed by atoms with Crippen LogP contribution in [0.2, 0.25) is 0 Å². The Bertz CT molecular complexity index is 1330. The molecular formula is C25H28N4O3. The summed E-state index contributed by atoms with van der Waals surface area (Å²) in [6.07, 6.45) is 1.51. The quantitative estimate of drug-likeness (QED) is 0.401. The molecule has 0 spiro atoms. The van der Waals surface area contributed by atoms with Gasteiger partial charge in [-0.3, -0.25) is 13.9 Å². The van der Waals surface area contributed by atoms with Gasteiger partial charge in [-0.15, -0.1) is 0 Å². The highest BCUT2D eigenvalue weighted by Gasteiger charge is 2.19. The van der Waals surface area contributed by atoms with Gasteiger partial charge in [0.25, 0.3) is 5.56 Å². The molecule has 0 amide bonds. The van der Waals surface area contributed by atoms with Crippen LogP contribution in [0.4, 0.5) is 0 Å². The van der Waals surface area contributed by atoms with Crippen molar-refractivity contribution in [2.24, 2.45) is 14.1 Å². The van der Waals surface area contributed by atoms with Crippen LogP contribution in [0.3, 0.4) is 0 Å². The number of imidazole rings is 1. The van der Waals surface area contributed by atoms with Crippen LogP contribution in [-0.2, 0) is 31.8 Å². The van der Waals surface area contributed by atoms with Gasteiger partial charge in [0, 0.05) is 33.7 Å². The minimum atomic E-state index is -0.381. The third kappa shape index (κ3) is 4.16. The predicted molar refractivity (Wildman–Crippen MR) is 126 cm³/mol. The van der Waals surface area contributed by atoms with Crippen molar-refractivity contribution in [2.45, 2.75) is 26.3 Å². The van der Waals surface area contributed by atoms with Gasteiger partial charge in [0.05, 0.1) is 6.61 Å². The lowest BCUT2D eigenvalue weighted by atomic mass is 10.0. The standard InChI is InChI=1S/C25H28N4O3/c1-4-15-32-16-14-21-26-23-22(24(30)28(3)25(31)27(23)2)29(21)17-18-10-12-20(13-11-18)19-8-6-5-7-9-19/h5-13H,4,14-17H2,1-3H3. The molecule has 32 heavy (non-hydrogen) atoms. The molecule has 2 heterocycles. The van der Waals surface area contributed by atoms with Gasteiger partial charge in [0.2, 0.25) is 0 Å². The van der Waals surface area contributed by atoms with E-state index in [0.29, 0.717) is 37.3 Å². The number of aryl methyl sites for hydroxylation is 1. The van der Waals surface area contributed by atoms with E-state index in [9.17, 15) is 9.59 Å². The van der Waals surface area contributed by atoms with E-state index in [1.165, 1.54) is 11.6 Å². The van der Waals surface area contributed by atoms with Crippen LogP contribution in [0.25, 0.3) is 22.3 Å². The van der Waals surface area contributed by atoms with E-state index in [1.54, 1.807) is 7.05 Å². The number of nitrogens with zero attached hydrogens (tertiary/aromatic N) is 4. The highest BCUT2D eigenvalue weighted by molar-refractivity contribution is 5.71. The number of hydrogen-bond acceptors (Lipinski definition) is 4. The van der Waals surface area contributed by atoms with Crippen LogP contribution in [0.15, 0.2) is 64.2 Å². The first-order valence-corrected chi connectivity index (χ1v) is 10.9. The second-order valence-corrected chi connectivity index (χ2v) is 7.92. The van der Waals surface area contributed by atoms with Gasteiger partial charge >= 0.3 is 5.69 Å². The molecule has 2 aromatic carbocycles. The van der Waals surface area contributed by atoms with Crippen molar-refractivity contribution in [3.63, 3.8) is 0 Å². The van der Waals surface area contributed by atoms with Gasteiger partial charge in [-0.1, -0.05) is 61.5 Å². The number of aromatic nitrogens is 4. The third-order valence-corrected chi connectivity index (χ3v) is 5.65. The Balaban J connectivity index is 1.74. The summed E-state index contributed by atoms with van der Waals surface area (Å²) < 4.78 is 10.1. The average molecular weight is 433 g/mol. The van der Waals surface area contributed by atoms with Crippen LogP contribution in [0.1, 0.15) is 24.7 Å². The molecule has 7 heteroatoms. The molecule has 0 bridgehead atoms. The minimum absolute atomic E-state index is 0.336. The zero-order valence-electron chi connectivity index (χ0n) is 18.7. The molecule has 0 saturated heterocycles. The third-order valence-electron chi connectivity index (χ3n) is 5.65. The van der Waals surface area contributed by atoms with Gasteiger partial charge in [-0.05, 0) is 23.1 Å². The minimum Gasteiger partial charge on any atom is -0.381 e. The van der Waals surface area contributed by atoms with Crippen LogP contribution < -0.4 is 11.2 Å². The second-order valence-electron chi connectivity index (χ2n) is 7.92. The zero-order valence-corrected chi connectivity index (χ0v) is 18.7. The number of hydrogen-bond donors (Lipinski definition) is 0. The van der Waals surface area contributed by atoms with Crippen LogP contribution in [-0.4, -0.2) is 31.9 Å². The van der Waals surface area contributed by atoms with Gasteiger partial charge in [-0.25, -0.2) is 9.78 Å². The largest absolute Gasteiger partial charge is 0.381 e. The van der Waals surface area contributed by atoms with Crippen LogP contribution >= 0.6 is 0 Å². The Hall–Kier alpha value is -3.45. The SMILES string of the molecule is CCCOCCc1nc2c(c(=O)n(C)c(=O)n2C)n1Cc1ccc(-c2ccccc2)cc1. The molecular weight excluding hydrogens is 404 g/mol. The van der Waals surface area contributed by atoms with E-state index < -0.39 is 0 Å². The summed E-state index contributed by atoms with van der Waals surface area (Å²) in [5.41, 5.74) is 3.47. The van der Waals surface area contributed by atoms with Crippen LogP contribution in [0.5, 0.6) is 0 Å². The molecule has 0 saturated carbocycles. The second kappa shape index (κ2) is 9.36. The summed E-state index contributed by atoms with van der Waals surface area (Å²) in [5.74, 6) is 0.738. The summed E-state index contributed by atoms with van der Waals surface area (Å²) in [6, 6.07) is 18.5. The molecule has 2 aromatic heterocycles. The van der Waals surface area contributed by atoms with E-state index in [1.807, 2.05) is 22.8 Å². The molecule has 4 aromatic rings. The molecule has 166 valence electrons. The number of rotatable bonds is 8. The summed E-state index contributed by atoms with van der Waals surface area (Å²) in [4.78, 5) is 30.1. The van der Waals surface area contributed by atoms with E-state index in [-0.39, 0.29) is 11.2 Å². The molecule has 7 nitrogen and oxygen atoms in total. The first-order chi connectivity index (χ1) is 15.5. The molecule has 0 radical (unpaired) electrons. The lowest BCUT2D eigenvalue weighted by Gasteiger charge is -2.11. The Morgan fingerprint density at radius 2 is 1.56 bits per heavy atom. The van der Waals surface area contributed by atoms with E-state index in [0.717, 1.165) is 33.5 Å². The molecule has 0 aliphatic rings. The predicted octanol–water partition coefficient (Wildman–Crippen LogP) is 3.12. The summed E-state index contributed by atoms with van der Waals surface area (Å²) in [5, 5.41) is 0. The Kier molecular flexibility index (Phi) is 6.37. The van der Waals surface area contributed by atoms with Gasteiger partial charge in [-0.2, -0.15) is 0 Å². The maximum absolute atomic E-state index is 13.0. The lowest BCUT2D eigenvalue weighted by molar-refractivity contribution is 0.136. The van der Waals surface area contributed by atoms with Crippen molar-refractivity contribution in [3.8, 4) is 11.1 Å². The van der Waals surface area contributed by atoms with Crippen molar-refractivity contribution in [2.75, 3.05) is 13.2 Å². The first-order valence-electron chi connectivity index (χ1n) is 10.9. The highest BCUT2D eigenvalue weighted by atomic mass is 16.5. The maximum Gasteiger partial charge on any atom is 0.332 e. The number of fused-ring (bicyclic) bond motifs is 1. The molecule has 0 N–H and O–H groups in total. The van der Waals surface area contributed by atoms with Crippen molar-refractivity contribution >= 4 is 11.2 Å². The fourth-order valence-corrected chi connectivity index (χ4v) is 3.88. The maximum atomic E-state index is 13.0. The summed E-state index contributed by atoms with van der Waals surface area (Å²) >= 11 is 0. The van der Waals surface area contributed by atoms with Crippen molar-refractivity contribution in [1.29, 1.82) is 0 Å². The molecule has 0 unspecified atom stereocenters. The van der Waals surface area contributed by atoms with Crippen molar-refractivity contribution in [1.82, 2.24) is 18.7 Å². The average Bonchev–Trinajstić information content (AvgIpc) is 3.18. The van der Waals surface area contributed by atoms with Gasteiger partial charge in [0.15, 0.2) is 11.2 Å². The zero-order chi connectivity index (χ0) is 22.7. The monoisotopic (exact) mass is 432 g/mol. The van der Waals surface area contributed by atoms with Crippen molar-refractivity contribution in [3.05, 3.63) is 86.8 Å². The lowest BCUT2D eigenvalue weighted by Crippen LogP contribution is -2.37. The van der Waals surface area contributed by atoms with E-state index in [2.05, 4.69) is 48.3 Å². The number of benzene rings is 2. The fraction of sp³-hybridized carbons (Fsp3) is 0.320.